The van der Waals surface area contributed by atoms with E-state index >= 15 is 0 Å². The Labute approximate surface area is 83.5 Å². The number of methoxy groups -OCH3 is 1. The van der Waals surface area contributed by atoms with E-state index in [9.17, 15) is 4.79 Å². The normalized spacial score (nSPS) is 35.0. The van der Waals surface area contributed by atoms with Gasteiger partial charge in [0.25, 0.3) is 0 Å². The summed E-state index contributed by atoms with van der Waals surface area (Å²) in [5.74, 6) is -0.820. The largest absolute Gasteiger partial charge is 0.467 e. The first-order valence-corrected chi connectivity index (χ1v) is 5.10. The van der Waals surface area contributed by atoms with E-state index in [0.717, 1.165) is 25.7 Å². The molecule has 0 amide bonds. The van der Waals surface area contributed by atoms with Gasteiger partial charge in [0.15, 0.2) is 11.9 Å². The quantitative estimate of drug-likeness (QED) is 0.597. The zero-order valence-corrected chi connectivity index (χ0v) is 8.62. The molecule has 0 bridgehead atoms. The van der Waals surface area contributed by atoms with Crippen molar-refractivity contribution in [2.75, 3.05) is 7.11 Å². The zero-order valence-electron chi connectivity index (χ0n) is 8.62. The molecule has 0 aromatic heterocycles. The summed E-state index contributed by atoms with van der Waals surface area (Å²) in [5.41, 5.74) is 0. The summed E-state index contributed by atoms with van der Waals surface area (Å²) in [6.07, 6.45) is 3.27. The van der Waals surface area contributed by atoms with Crippen LogP contribution in [0, 0.1) is 0 Å². The van der Waals surface area contributed by atoms with Crippen molar-refractivity contribution in [3.8, 4) is 0 Å². The van der Waals surface area contributed by atoms with Crippen molar-refractivity contribution in [1.29, 1.82) is 0 Å². The van der Waals surface area contributed by atoms with Gasteiger partial charge in [0, 0.05) is 12.8 Å². The van der Waals surface area contributed by atoms with Crippen molar-refractivity contribution in [2.45, 2.75) is 50.6 Å². The van der Waals surface area contributed by atoms with Crippen molar-refractivity contribution in [3.05, 3.63) is 0 Å². The Morgan fingerprint density at radius 1 is 1.36 bits per heavy atom. The van der Waals surface area contributed by atoms with Gasteiger partial charge in [0.1, 0.15) is 0 Å². The van der Waals surface area contributed by atoms with Gasteiger partial charge >= 0.3 is 5.97 Å². The number of carbonyl (C=O) groups excluding carboxylic acids is 1. The predicted octanol–water partition coefficient (Wildman–Crippen LogP) is 1.23. The second-order valence-electron chi connectivity index (χ2n) is 4.00. The molecule has 0 unspecified atom stereocenters. The first-order chi connectivity index (χ1) is 6.67. The fraction of sp³-hybridized carbons (Fsp3) is 0.900. The van der Waals surface area contributed by atoms with Gasteiger partial charge in [0.2, 0.25) is 0 Å². The summed E-state index contributed by atoms with van der Waals surface area (Å²) in [7, 11) is 1.37. The van der Waals surface area contributed by atoms with Crippen molar-refractivity contribution >= 4 is 5.97 Å². The Kier molecular flexibility index (Phi) is 2.49. The molecule has 0 aromatic rings. The minimum atomic E-state index is -0.543. The SMILES string of the molecule is COC(=O)[C@H]1OC2(CCCC2)O[C@@H]1C. The number of ether oxygens (including phenoxy) is 3. The second kappa shape index (κ2) is 3.51. The smallest absolute Gasteiger partial charge is 0.337 e. The number of rotatable bonds is 1. The van der Waals surface area contributed by atoms with Crippen LogP contribution in [-0.2, 0) is 19.0 Å². The molecule has 4 nitrogen and oxygen atoms in total. The lowest BCUT2D eigenvalue weighted by Crippen LogP contribution is -2.31. The lowest BCUT2D eigenvalue weighted by molar-refractivity contribution is -0.180. The van der Waals surface area contributed by atoms with Gasteiger partial charge in [-0.15, -0.1) is 0 Å². The topological polar surface area (TPSA) is 44.8 Å². The highest BCUT2D eigenvalue weighted by molar-refractivity contribution is 5.75. The molecule has 1 heterocycles. The Bertz CT molecular complexity index is 232. The molecular weight excluding hydrogens is 184 g/mol. The van der Waals surface area contributed by atoms with E-state index in [2.05, 4.69) is 4.74 Å². The lowest BCUT2D eigenvalue weighted by atomic mass is 10.2. The van der Waals surface area contributed by atoms with Gasteiger partial charge in [-0.1, -0.05) is 0 Å². The van der Waals surface area contributed by atoms with Crippen LogP contribution in [0.4, 0.5) is 0 Å². The Balaban J connectivity index is 2.06. The first-order valence-electron chi connectivity index (χ1n) is 5.10. The highest BCUT2D eigenvalue weighted by Gasteiger charge is 2.50. The van der Waals surface area contributed by atoms with Gasteiger partial charge in [-0.3, -0.25) is 0 Å². The molecular formula is C10H16O4. The average Bonchev–Trinajstić information content (AvgIpc) is 2.74. The van der Waals surface area contributed by atoms with Crippen LogP contribution in [0.2, 0.25) is 0 Å². The van der Waals surface area contributed by atoms with E-state index < -0.39 is 11.9 Å². The van der Waals surface area contributed by atoms with E-state index in [1.165, 1.54) is 7.11 Å². The van der Waals surface area contributed by atoms with E-state index in [1.54, 1.807) is 0 Å². The predicted molar refractivity (Wildman–Crippen MR) is 48.6 cm³/mol. The minimum absolute atomic E-state index is 0.194. The Hall–Kier alpha value is -0.610. The molecule has 80 valence electrons. The van der Waals surface area contributed by atoms with Crippen LogP contribution in [-0.4, -0.2) is 31.1 Å². The first kappa shape index (κ1) is 9.93. The van der Waals surface area contributed by atoms with Gasteiger partial charge in [-0.25, -0.2) is 4.79 Å². The van der Waals surface area contributed by atoms with Gasteiger partial charge in [-0.2, -0.15) is 0 Å². The highest BCUT2D eigenvalue weighted by atomic mass is 16.8. The molecule has 2 rings (SSSR count). The maximum Gasteiger partial charge on any atom is 0.337 e. The molecule has 0 aromatic carbocycles. The summed E-state index contributed by atoms with van der Waals surface area (Å²) >= 11 is 0. The summed E-state index contributed by atoms with van der Waals surface area (Å²) in [6, 6.07) is 0. The number of hydrogen-bond acceptors (Lipinski definition) is 4. The van der Waals surface area contributed by atoms with Crippen LogP contribution < -0.4 is 0 Å². The Morgan fingerprint density at radius 3 is 2.57 bits per heavy atom. The third-order valence-electron chi connectivity index (χ3n) is 2.97. The molecule has 1 saturated carbocycles. The van der Waals surface area contributed by atoms with E-state index in [1.807, 2.05) is 6.92 Å². The molecule has 2 fully saturated rings. The van der Waals surface area contributed by atoms with Crippen LogP contribution in [0.25, 0.3) is 0 Å². The molecule has 0 radical (unpaired) electrons. The van der Waals surface area contributed by atoms with Crippen LogP contribution in [0.3, 0.4) is 0 Å². The number of esters is 1. The maximum absolute atomic E-state index is 11.3. The zero-order chi connectivity index (χ0) is 10.2. The van der Waals surface area contributed by atoms with Crippen LogP contribution in [0.1, 0.15) is 32.6 Å². The molecule has 1 saturated heterocycles. The summed E-state index contributed by atoms with van der Waals surface area (Å²) in [6.45, 7) is 1.86. The summed E-state index contributed by atoms with van der Waals surface area (Å²) in [4.78, 5) is 11.3. The van der Waals surface area contributed by atoms with Crippen molar-refractivity contribution in [3.63, 3.8) is 0 Å². The van der Waals surface area contributed by atoms with E-state index in [0.29, 0.717) is 0 Å². The van der Waals surface area contributed by atoms with Crippen molar-refractivity contribution in [1.82, 2.24) is 0 Å². The fourth-order valence-corrected chi connectivity index (χ4v) is 2.26. The highest BCUT2D eigenvalue weighted by Crippen LogP contribution is 2.41. The van der Waals surface area contributed by atoms with Crippen molar-refractivity contribution in [2.24, 2.45) is 0 Å². The van der Waals surface area contributed by atoms with Crippen LogP contribution in [0.5, 0.6) is 0 Å². The van der Waals surface area contributed by atoms with Gasteiger partial charge in [-0.05, 0) is 19.8 Å². The third kappa shape index (κ3) is 1.53. The van der Waals surface area contributed by atoms with E-state index in [4.69, 9.17) is 9.47 Å². The minimum Gasteiger partial charge on any atom is -0.467 e. The van der Waals surface area contributed by atoms with Crippen LogP contribution >= 0.6 is 0 Å². The lowest BCUT2D eigenvalue weighted by Gasteiger charge is -2.21. The summed E-state index contributed by atoms with van der Waals surface area (Å²) in [5, 5.41) is 0. The molecule has 1 aliphatic heterocycles. The van der Waals surface area contributed by atoms with Gasteiger partial charge < -0.3 is 14.2 Å². The average molecular weight is 200 g/mol. The molecule has 1 aliphatic carbocycles. The van der Waals surface area contributed by atoms with E-state index in [-0.39, 0.29) is 12.1 Å². The monoisotopic (exact) mass is 200 g/mol. The van der Waals surface area contributed by atoms with Crippen molar-refractivity contribution < 1.29 is 19.0 Å². The fourth-order valence-electron chi connectivity index (χ4n) is 2.26. The molecule has 14 heavy (non-hydrogen) atoms. The second-order valence-corrected chi connectivity index (χ2v) is 4.00. The standard InChI is InChI=1S/C10H16O4/c1-7-8(9(11)12-2)14-10(13-7)5-3-4-6-10/h7-8H,3-6H2,1-2H3/t7-,8+/m1/s1. The number of hydrogen-bond donors (Lipinski definition) is 0. The summed E-state index contributed by atoms with van der Waals surface area (Å²) < 4.78 is 16.1. The Morgan fingerprint density at radius 2 is 2.00 bits per heavy atom. The number of carbonyl (C=O) groups is 1. The third-order valence-corrected chi connectivity index (χ3v) is 2.97. The molecule has 0 N–H and O–H groups in total. The molecule has 2 aliphatic rings. The molecule has 4 heteroatoms. The molecule has 1 spiro atoms. The maximum atomic E-state index is 11.3. The van der Waals surface area contributed by atoms with Gasteiger partial charge in [0.05, 0.1) is 13.2 Å². The molecule has 2 atom stereocenters. The van der Waals surface area contributed by atoms with Crippen LogP contribution in [0.15, 0.2) is 0 Å².